The van der Waals surface area contributed by atoms with Crippen molar-refractivity contribution in [2.24, 2.45) is 0 Å². The normalized spacial score (nSPS) is 10.8. The maximum Gasteiger partial charge on any atom is 0.492 e. The molecule has 0 saturated carbocycles. The van der Waals surface area contributed by atoms with E-state index >= 15 is 0 Å². The second-order valence-electron chi connectivity index (χ2n) is 1.52. The minimum atomic E-state index is -4.95. The lowest BCUT2D eigenvalue weighted by atomic mass is 10.6. The van der Waals surface area contributed by atoms with Crippen molar-refractivity contribution in [3.8, 4) is 0 Å². The maximum atomic E-state index is 11.3. The maximum absolute atomic E-state index is 11.3. The summed E-state index contributed by atoms with van der Waals surface area (Å²) in [5.41, 5.74) is 1.75. The van der Waals surface area contributed by atoms with Gasteiger partial charge in [-0.15, -0.1) is 12.1 Å². The van der Waals surface area contributed by atoms with Gasteiger partial charge < -0.3 is 4.84 Å². The zero-order valence-electron chi connectivity index (χ0n) is 5.44. The lowest BCUT2D eigenvalue weighted by molar-refractivity contribution is -0.206. The highest BCUT2D eigenvalue weighted by molar-refractivity contribution is 5.75. The number of carbonyl (C=O) groups excluding carboxylic acids is 1. The molecule has 11 heavy (non-hydrogen) atoms. The van der Waals surface area contributed by atoms with E-state index in [9.17, 15) is 18.0 Å². The van der Waals surface area contributed by atoms with Crippen LogP contribution < -0.4 is 5.48 Å². The minimum absolute atomic E-state index is 0.0260. The molecule has 0 aliphatic heterocycles. The smallest absolute Gasteiger partial charge is 0.363 e. The van der Waals surface area contributed by atoms with Gasteiger partial charge in [0.05, 0.1) is 0 Å². The van der Waals surface area contributed by atoms with Crippen molar-refractivity contribution in [1.82, 2.24) is 5.48 Å². The monoisotopic (exact) mass is 169 g/mol. The Morgan fingerprint density at radius 2 is 2.18 bits per heavy atom. The van der Waals surface area contributed by atoms with E-state index in [-0.39, 0.29) is 6.54 Å². The van der Waals surface area contributed by atoms with Crippen LogP contribution in [0.15, 0.2) is 12.7 Å². The van der Waals surface area contributed by atoms with Gasteiger partial charge in [-0.3, -0.25) is 0 Å². The van der Waals surface area contributed by atoms with Crippen molar-refractivity contribution in [3.63, 3.8) is 0 Å². The number of halogens is 3. The van der Waals surface area contributed by atoms with Crippen molar-refractivity contribution >= 4 is 5.97 Å². The Morgan fingerprint density at radius 1 is 1.64 bits per heavy atom. The predicted octanol–water partition coefficient (Wildman–Crippen LogP) is 0.782. The quantitative estimate of drug-likeness (QED) is 0.385. The molecule has 0 aromatic heterocycles. The van der Waals surface area contributed by atoms with Gasteiger partial charge in [-0.05, 0) is 0 Å². The van der Waals surface area contributed by atoms with Crippen LogP contribution in [-0.4, -0.2) is 18.7 Å². The van der Waals surface area contributed by atoms with Gasteiger partial charge in [0.15, 0.2) is 0 Å². The predicted molar refractivity (Wildman–Crippen MR) is 30.3 cm³/mol. The van der Waals surface area contributed by atoms with Crippen LogP contribution >= 0.6 is 0 Å². The van der Waals surface area contributed by atoms with Gasteiger partial charge >= 0.3 is 12.1 Å². The summed E-state index contributed by atoms with van der Waals surface area (Å²) in [6.45, 7) is 3.16. The molecule has 3 nitrogen and oxygen atoms in total. The molecule has 0 aromatic rings. The van der Waals surface area contributed by atoms with Gasteiger partial charge in [-0.1, -0.05) is 6.08 Å². The Bertz CT molecular complexity index is 154. The molecule has 0 fully saturated rings. The molecule has 0 atom stereocenters. The molecule has 0 unspecified atom stereocenters. The zero-order chi connectivity index (χ0) is 8.91. The Morgan fingerprint density at radius 3 is 2.55 bits per heavy atom. The van der Waals surface area contributed by atoms with Crippen LogP contribution in [0.1, 0.15) is 0 Å². The van der Waals surface area contributed by atoms with Crippen LogP contribution in [-0.2, 0) is 9.63 Å². The summed E-state index contributed by atoms with van der Waals surface area (Å²) < 4.78 is 34.0. The summed E-state index contributed by atoms with van der Waals surface area (Å²) in [6.07, 6.45) is -3.70. The average molecular weight is 169 g/mol. The van der Waals surface area contributed by atoms with Gasteiger partial charge in [0.25, 0.3) is 0 Å². The van der Waals surface area contributed by atoms with Gasteiger partial charge in [0.2, 0.25) is 0 Å². The molecular formula is C5H6F3NO2. The van der Waals surface area contributed by atoms with E-state index in [0.717, 1.165) is 0 Å². The Labute approximate surface area is 60.8 Å². The van der Waals surface area contributed by atoms with E-state index in [0.29, 0.717) is 0 Å². The second kappa shape index (κ2) is 3.97. The van der Waals surface area contributed by atoms with E-state index in [2.05, 4.69) is 11.4 Å². The molecule has 0 saturated heterocycles. The largest absolute Gasteiger partial charge is 0.492 e. The molecule has 0 aromatic carbocycles. The first kappa shape index (κ1) is 9.96. The number of rotatable bonds is 3. The molecular weight excluding hydrogens is 163 g/mol. The Hall–Kier alpha value is -1.04. The van der Waals surface area contributed by atoms with E-state index < -0.39 is 12.1 Å². The number of hydroxylamine groups is 1. The highest BCUT2D eigenvalue weighted by atomic mass is 19.4. The van der Waals surface area contributed by atoms with Gasteiger partial charge in [0, 0.05) is 6.54 Å². The highest BCUT2D eigenvalue weighted by Crippen LogP contribution is 2.15. The summed E-state index contributed by atoms with van der Waals surface area (Å²) in [5, 5.41) is 0. The third-order valence-electron chi connectivity index (χ3n) is 0.624. The molecule has 0 amide bonds. The lowest BCUT2D eigenvalue weighted by Gasteiger charge is -2.04. The standard InChI is InChI=1S/C5H6F3NO2/c1-2-3-9-11-4(10)5(6,7)8/h2,9H,1,3H2. The van der Waals surface area contributed by atoms with Crippen molar-refractivity contribution < 1.29 is 22.8 Å². The van der Waals surface area contributed by atoms with Crippen LogP contribution in [0.4, 0.5) is 13.2 Å². The van der Waals surface area contributed by atoms with E-state index in [1.165, 1.54) is 6.08 Å². The fourth-order valence-electron chi connectivity index (χ4n) is 0.224. The first-order valence-electron chi connectivity index (χ1n) is 2.60. The summed E-state index contributed by atoms with van der Waals surface area (Å²) in [7, 11) is 0. The SMILES string of the molecule is C=CCNOC(=O)C(F)(F)F. The molecule has 0 heterocycles. The zero-order valence-corrected chi connectivity index (χ0v) is 5.44. The van der Waals surface area contributed by atoms with Crippen LogP contribution in [0.2, 0.25) is 0 Å². The van der Waals surface area contributed by atoms with Crippen LogP contribution in [0, 0.1) is 0 Å². The lowest BCUT2D eigenvalue weighted by Crippen LogP contribution is -2.31. The molecule has 0 aliphatic carbocycles. The molecule has 0 aliphatic rings. The molecule has 0 rings (SSSR count). The molecule has 64 valence electrons. The third kappa shape index (κ3) is 4.38. The molecule has 1 N–H and O–H groups in total. The third-order valence-corrected chi connectivity index (χ3v) is 0.624. The number of carbonyl (C=O) groups is 1. The van der Waals surface area contributed by atoms with Crippen LogP contribution in [0.25, 0.3) is 0 Å². The summed E-state index contributed by atoms with van der Waals surface area (Å²) in [5.74, 6) is -2.26. The summed E-state index contributed by atoms with van der Waals surface area (Å²) >= 11 is 0. The minimum Gasteiger partial charge on any atom is -0.363 e. The fraction of sp³-hybridized carbons (Fsp3) is 0.400. The fourth-order valence-corrected chi connectivity index (χ4v) is 0.224. The topological polar surface area (TPSA) is 38.3 Å². The highest BCUT2D eigenvalue weighted by Gasteiger charge is 2.41. The van der Waals surface area contributed by atoms with Gasteiger partial charge in [0.1, 0.15) is 0 Å². The number of nitrogens with one attached hydrogen (secondary N) is 1. The van der Waals surface area contributed by atoms with Gasteiger partial charge in [-0.25, -0.2) is 4.79 Å². The van der Waals surface area contributed by atoms with Crippen molar-refractivity contribution in [1.29, 1.82) is 0 Å². The van der Waals surface area contributed by atoms with Crippen molar-refractivity contribution in [2.45, 2.75) is 6.18 Å². The van der Waals surface area contributed by atoms with E-state index in [1.54, 1.807) is 5.48 Å². The van der Waals surface area contributed by atoms with Crippen molar-refractivity contribution in [3.05, 3.63) is 12.7 Å². The summed E-state index contributed by atoms with van der Waals surface area (Å²) in [6, 6.07) is 0. The van der Waals surface area contributed by atoms with E-state index in [1.807, 2.05) is 0 Å². The van der Waals surface area contributed by atoms with Crippen LogP contribution in [0.3, 0.4) is 0 Å². The van der Waals surface area contributed by atoms with E-state index in [4.69, 9.17) is 0 Å². The van der Waals surface area contributed by atoms with Crippen LogP contribution in [0.5, 0.6) is 0 Å². The van der Waals surface area contributed by atoms with Gasteiger partial charge in [-0.2, -0.15) is 13.2 Å². The number of hydrogen-bond acceptors (Lipinski definition) is 3. The first-order chi connectivity index (χ1) is 4.98. The first-order valence-corrected chi connectivity index (χ1v) is 2.60. The summed E-state index contributed by atoms with van der Waals surface area (Å²) in [4.78, 5) is 13.5. The number of alkyl halides is 3. The van der Waals surface area contributed by atoms with Crippen molar-refractivity contribution in [2.75, 3.05) is 6.54 Å². The second-order valence-corrected chi connectivity index (χ2v) is 1.52. The molecule has 0 bridgehead atoms. The molecule has 0 radical (unpaired) electrons. The molecule has 6 heteroatoms. The molecule has 0 spiro atoms. The average Bonchev–Trinajstić information content (AvgIpc) is 1.86. The Balaban J connectivity index is 3.62. The number of hydrogen-bond donors (Lipinski definition) is 1. The Kier molecular flexibility index (Phi) is 3.59.